The Kier molecular flexibility index (Phi) is 13.2. The zero-order valence-corrected chi connectivity index (χ0v) is 31.7. The maximum atomic E-state index is 14.1. The van der Waals surface area contributed by atoms with Crippen molar-refractivity contribution >= 4 is 11.8 Å². The minimum atomic E-state index is -1.95. The number of aliphatic hydroxyl groups excluding tert-OH is 3. The first-order valence-electron chi connectivity index (χ1n) is 18.2. The van der Waals surface area contributed by atoms with E-state index in [9.17, 15) is 30.0 Å². The number of carbonyl (C=O) groups excluding carboxylic acids is 2. The number of carbonyl (C=O) groups is 2. The molecule has 14 heteroatoms. The molecule has 4 rings (SSSR count). The normalized spacial score (nSPS) is 51.2. The van der Waals surface area contributed by atoms with Gasteiger partial charge in [0, 0.05) is 37.3 Å². The molecule has 4 saturated heterocycles. The first kappa shape index (κ1) is 41.5. The van der Waals surface area contributed by atoms with E-state index in [1.54, 1.807) is 41.7 Å². The SMILES string of the molecule is CC[C@H]1OC(=O)[C@H](C)[C@@H](O[C@H]2C[C@@](C)(OC)[C@@H](O)[C@H](C)O2)[C@H](C)[C@@H](O[C@@H]2O[C@H](C)C[C@H](NC)[C@H]2O)[C@@]2(C)C[C@@H](CO2)C(=O)[C@H](C)[C@@H](O)[C@]1(C)O. The van der Waals surface area contributed by atoms with E-state index in [0.29, 0.717) is 6.42 Å². The molecular formula is C36H63NO13. The van der Waals surface area contributed by atoms with Gasteiger partial charge in [0.25, 0.3) is 0 Å². The fraction of sp³-hybridized carbons (Fsp3) is 0.944. The number of nitrogens with one attached hydrogen (secondary N) is 1. The predicted octanol–water partition coefficient (Wildman–Crippen LogP) is 1.46. The molecule has 0 aromatic heterocycles. The Morgan fingerprint density at radius 2 is 1.60 bits per heavy atom. The number of fused-ring (bicyclic) bond motifs is 2. The number of esters is 1. The number of hydrogen-bond donors (Lipinski definition) is 5. The second-order valence-electron chi connectivity index (χ2n) is 15.9. The van der Waals surface area contributed by atoms with Crippen LogP contribution in [0, 0.1) is 23.7 Å². The Morgan fingerprint density at radius 1 is 0.940 bits per heavy atom. The minimum Gasteiger partial charge on any atom is -0.459 e. The topological polar surface area (TPSA) is 192 Å². The lowest BCUT2D eigenvalue weighted by molar-refractivity contribution is -0.315. The average molecular weight is 718 g/mol. The molecule has 5 N–H and O–H groups in total. The fourth-order valence-electron chi connectivity index (χ4n) is 8.56. The highest BCUT2D eigenvalue weighted by Crippen LogP contribution is 2.44. The molecule has 0 aliphatic carbocycles. The van der Waals surface area contributed by atoms with Crippen LogP contribution in [0.5, 0.6) is 0 Å². The van der Waals surface area contributed by atoms with Crippen LogP contribution in [0.25, 0.3) is 0 Å². The second kappa shape index (κ2) is 16.0. The molecular weight excluding hydrogens is 654 g/mol. The van der Waals surface area contributed by atoms with Crippen molar-refractivity contribution in [2.24, 2.45) is 23.7 Å². The largest absolute Gasteiger partial charge is 0.459 e. The highest BCUT2D eigenvalue weighted by Gasteiger charge is 2.56. The first-order valence-corrected chi connectivity index (χ1v) is 18.2. The molecule has 0 saturated carbocycles. The summed E-state index contributed by atoms with van der Waals surface area (Å²) in [5, 5.41) is 48.3. The number of methoxy groups -OCH3 is 1. The number of rotatable bonds is 7. The Balaban J connectivity index is 1.82. The lowest BCUT2D eigenvalue weighted by atomic mass is 9.75. The second-order valence-corrected chi connectivity index (χ2v) is 15.9. The Bertz CT molecular complexity index is 1170. The molecule has 4 fully saturated rings. The summed E-state index contributed by atoms with van der Waals surface area (Å²) in [5.41, 5.74) is -4.11. The third-order valence-electron chi connectivity index (χ3n) is 12.0. The molecule has 0 aromatic rings. The summed E-state index contributed by atoms with van der Waals surface area (Å²) in [4.78, 5) is 28.0. The van der Waals surface area contributed by atoms with Gasteiger partial charge in [-0.1, -0.05) is 20.8 Å². The molecule has 4 aliphatic rings. The Hall–Kier alpha value is -1.30. The van der Waals surface area contributed by atoms with Gasteiger partial charge in [-0.3, -0.25) is 9.59 Å². The average Bonchev–Trinajstić information content (AvgIpc) is 3.48. The van der Waals surface area contributed by atoms with Gasteiger partial charge in [-0.25, -0.2) is 0 Å². The van der Waals surface area contributed by atoms with Crippen LogP contribution in [0.3, 0.4) is 0 Å². The van der Waals surface area contributed by atoms with Gasteiger partial charge in [0.15, 0.2) is 12.6 Å². The van der Waals surface area contributed by atoms with Crippen LogP contribution in [0.1, 0.15) is 88.0 Å². The van der Waals surface area contributed by atoms with E-state index in [1.807, 2.05) is 20.8 Å². The number of hydrogen-bond acceptors (Lipinski definition) is 14. The van der Waals surface area contributed by atoms with E-state index >= 15 is 0 Å². The third kappa shape index (κ3) is 8.10. The Labute approximate surface area is 296 Å². The van der Waals surface area contributed by atoms with E-state index in [0.717, 1.165) is 0 Å². The van der Waals surface area contributed by atoms with Crippen molar-refractivity contribution < 1.29 is 63.2 Å². The first-order chi connectivity index (χ1) is 23.2. The maximum absolute atomic E-state index is 14.1. The van der Waals surface area contributed by atoms with Gasteiger partial charge in [-0.05, 0) is 67.9 Å². The van der Waals surface area contributed by atoms with Gasteiger partial charge in [0.05, 0.1) is 54.2 Å². The summed E-state index contributed by atoms with van der Waals surface area (Å²) >= 11 is 0. The van der Waals surface area contributed by atoms with Gasteiger partial charge >= 0.3 is 5.97 Å². The summed E-state index contributed by atoms with van der Waals surface area (Å²) in [7, 11) is 3.26. The zero-order chi connectivity index (χ0) is 37.5. The lowest BCUT2D eigenvalue weighted by Crippen LogP contribution is -2.60. The van der Waals surface area contributed by atoms with Gasteiger partial charge in [0.2, 0.25) is 0 Å². The lowest BCUT2D eigenvalue weighted by Gasteiger charge is -2.48. The molecule has 14 nitrogen and oxygen atoms in total. The summed E-state index contributed by atoms with van der Waals surface area (Å²) in [5.74, 6) is -4.31. The molecule has 18 atom stereocenters. The highest BCUT2D eigenvalue weighted by atomic mass is 16.7. The van der Waals surface area contributed by atoms with Crippen molar-refractivity contribution in [2.75, 3.05) is 20.8 Å². The molecule has 290 valence electrons. The number of likely N-dealkylation sites (N-methyl/N-ethyl adjacent to an activating group) is 1. The van der Waals surface area contributed by atoms with Crippen LogP contribution < -0.4 is 5.32 Å². The van der Waals surface area contributed by atoms with E-state index in [-0.39, 0.29) is 43.8 Å². The molecule has 2 bridgehead atoms. The van der Waals surface area contributed by atoms with E-state index in [4.69, 9.17) is 33.2 Å². The molecule has 0 spiro atoms. The molecule has 0 aromatic carbocycles. The predicted molar refractivity (Wildman–Crippen MR) is 180 cm³/mol. The molecule has 4 aliphatic heterocycles. The molecule has 50 heavy (non-hydrogen) atoms. The van der Waals surface area contributed by atoms with Gasteiger partial charge < -0.3 is 58.9 Å². The zero-order valence-electron chi connectivity index (χ0n) is 31.7. The van der Waals surface area contributed by atoms with Crippen molar-refractivity contribution in [1.82, 2.24) is 5.32 Å². The van der Waals surface area contributed by atoms with Crippen molar-refractivity contribution in [2.45, 2.75) is 172 Å². The third-order valence-corrected chi connectivity index (χ3v) is 12.0. The van der Waals surface area contributed by atoms with Crippen LogP contribution >= 0.6 is 0 Å². The fourth-order valence-corrected chi connectivity index (χ4v) is 8.56. The van der Waals surface area contributed by atoms with Crippen LogP contribution in [-0.2, 0) is 42.7 Å². The van der Waals surface area contributed by atoms with Crippen molar-refractivity contribution in [1.29, 1.82) is 0 Å². The van der Waals surface area contributed by atoms with E-state index < -0.39 is 102 Å². The number of aliphatic hydroxyl groups is 4. The van der Waals surface area contributed by atoms with Crippen molar-refractivity contribution in [3.05, 3.63) is 0 Å². The number of ketones is 1. The number of ether oxygens (including phenoxy) is 7. The van der Waals surface area contributed by atoms with Gasteiger partial charge in [0.1, 0.15) is 29.7 Å². The highest BCUT2D eigenvalue weighted by molar-refractivity contribution is 5.84. The summed E-state index contributed by atoms with van der Waals surface area (Å²) < 4.78 is 43.8. The van der Waals surface area contributed by atoms with Gasteiger partial charge in [-0.2, -0.15) is 0 Å². The Morgan fingerprint density at radius 3 is 2.20 bits per heavy atom. The van der Waals surface area contributed by atoms with Crippen LogP contribution in [0.2, 0.25) is 0 Å². The maximum Gasteiger partial charge on any atom is 0.311 e. The minimum absolute atomic E-state index is 0.0335. The van der Waals surface area contributed by atoms with Crippen LogP contribution in [0.15, 0.2) is 0 Å². The van der Waals surface area contributed by atoms with Crippen molar-refractivity contribution in [3.63, 3.8) is 0 Å². The number of cyclic esters (lactones) is 1. The van der Waals surface area contributed by atoms with Crippen molar-refractivity contribution in [3.8, 4) is 0 Å². The quantitative estimate of drug-likeness (QED) is 0.238. The van der Waals surface area contributed by atoms with E-state index in [2.05, 4.69) is 5.32 Å². The summed E-state index contributed by atoms with van der Waals surface area (Å²) in [6.07, 6.45) is -8.45. The van der Waals surface area contributed by atoms with Crippen LogP contribution in [-0.4, -0.2) is 137 Å². The standard InChI is InChI=1S/C36H63NO13/c1-12-24-36(9,43)29(40)18(3)26(38)22-14-35(8,45-16-22)31(50-33-27(39)23(37-10)13-17(2)46-33)19(4)28(20(5)32(42)48-24)49-25-15-34(7,44-11)30(41)21(6)47-25/h17-25,27-31,33,37,39-41,43H,12-16H2,1-11H3/t17-,18+,19+,20-,21+,22+,23+,24-,25+,27-,28+,29-,30+,31-,33+,34-,35-,36-/m1/s1. The molecule has 4 heterocycles. The summed E-state index contributed by atoms with van der Waals surface area (Å²) in [6, 6.07) is -0.318. The number of Topliss-reactive ketones (excluding diaryl/α,β-unsaturated/α-hetero) is 1. The van der Waals surface area contributed by atoms with Gasteiger partial charge in [-0.15, -0.1) is 0 Å². The molecule has 0 amide bonds. The monoisotopic (exact) mass is 717 g/mol. The summed E-state index contributed by atoms with van der Waals surface area (Å²) in [6.45, 7) is 15.4. The molecule has 0 radical (unpaired) electrons. The smallest absolute Gasteiger partial charge is 0.311 e. The van der Waals surface area contributed by atoms with E-state index in [1.165, 1.54) is 14.0 Å². The molecule has 0 unspecified atom stereocenters. The van der Waals surface area contributed by atoms with Crippen LogP contribution in [0.4, 0.5) is 0 Å².